The molecule has 0 N–H and O–H groups in total. The fraction of sp³-hybridized carbons (Fsp3) is 0.207. The fourth-order valence-electron chi connectivity index (χ4n) is 4.50. The summed E-state index contributed by atoms with van der Waals surface area (Å²) in [5.41, 5.74) is 5.04. The highest BCUT2D eigenvalue weighted by atomic mass is 16.2. The second-order valence-corrected chi connectivity index (χ2v) is 8.77. The van der Waals surface area contributed by atoms with Gasteiger partial charge in [0, 0.05) is 44.5 Å². The summed E-state index contributed by atoms with van der Waals surface area (Å²) in [6.07, 6.45) is 2.77. The number of rotatable bonds is 5. The van der Waals surface area contributed by atoms with Gasteiger partial charge in [-0.15, -0.1) is 0 Å². The van der Waals surface area contributed by atoms with Crippen molar-refractivity contribution in [2.45, 2.75) is 13.0 Å². The Morgan fingerprint density at radius 1 is 0.857 bits per heavy atom. The number of carbonyl (C=O) groups excluding carboxylic acids is 1. The minimum absolute atomic E-state index is 0.0197. The van der Waals surface area contributed by atoms with Crippen molar-refractivity contribution < 1.29 is 4.79 Å². The lowest BCUT2D eigenvalue weighted by molar-refractivity contribution is 0.0762. The fourth-order valence-corrected chi connectivity index (χ4v) is 4.50. The largest absolute Gasteiger partial charge is 0.337 e. The Labute approximate surface area is 205 Å². The number of aromatic nitrogens is 2. The average molecular weight is 462 g/mol. The molecule has 0 aliphatic carbocycles. The maximum atomic E-state index is 13.8. The van der Waals surface area contributed by atoms with E-state index in [1.807, 2.05) is 96.0 Å². The van der Waals surface area contributed by atoms with E-state index in [4.69, 9.17) is 10.4 Å². The standard InChI is InChI=1S/C29H27N5O/c30-20-23-12-14-24(15-13-23)21-32-16-7-17-33(19-18-32)29(35)27-22-34(26-10-5-2-6-11-26)31-28(27)25-8-3-1-4-9-25/h1-6,8-15,22H,7,16-19,21H2. The lowest BCUT2D eigenvalue weighted by atomic mass is 10.1. The minimum atomic E-state index is 0.0197. The average Bonchev–Trinajstić information content (AvgIpc) is 3.24. The van der Waals surface area contributed by atoms with Crippen molar-refractivity contribution in [1.29, 1.82) is 5.26 Å². The van der Waals surface area contributed by atoms with E-state index in [9.17, 15) is 4.79 Å². The maximum Gasteiger partial charge on any atom is 0.257 e. The zero-order chi connectivity index (χ0) is 24.0. The molecule has 1 fully saturated rings. The Morgan fingerprint density at radius 2 is 1.57 bits per heavy atom. The summed E-state index contributed by atoms with van der Waals surface area (Å²) in [5.74, 6) is 0.0197. The highest BCUT2D eigenvalue weighted by molar-refractivity contribution is 6.00. The van der Waals surface area contributed by atoms with Gasteiger partial charge in [-0.3, -0.25) is 9.69 Å². The van der Waals surface area contributed by atoms with Gasteiger partial charge in [0.2, 0.25) is 0 Å². The van der Waals surface area contributed by atoms with Crippen molar-refractivity contribution in [3.8, 4) is 23.0 Å². The lowest BCUT2D eigenvalue weighted by Crippen LogP contribution is -2.35. The highest BCUT2D eigenvalue weighted by Crippen LogP contribution is 2.25. The van der Waals surface area contributed by atoms with Crippen LogP contribution in [-0.2, 0) is 6.54 Å². The predicted molar refractivity (Wildman–Crippen MR) is 136 cm³/mol. The van der Waals surface area contributed by atoms with E-state index in [1.54, 1.807) is 4.68 Å². The van der Waals surface area contributed by atoms with E-state index in [1.165, 1.54) is 5.56 Å². The monoisotopic (exact) mass is 461 g/mol. The number of nitriles is 1. The van der Waals surface area contributed by atoms with Crippen LogP contribution in [0, 0.1) is 11.3 Å². The van der Waals surface area contributed by atoms with Crippen LogP contribution in [0.4, 0.5) is 0 Å². The van der Waals surface area contributed by atoms with Gasteiger partial charge in [-0.05, 0) is 36.2 Å². The summed E-state index contributed by atoms with van der Waals surface area (Å²) >= 11 is 0. The molecule has 0 unspecified atom stereocenters. The molecule has 3 aromatic carbocycles. The molecule has 5 rings (SSSR count). The van der Waals surface area contributed by atoms with Crippen molar-refractivity contribution in [1.82, 2.24) is 19.6 Å². The number of benzene rings is 3. The Morgan fingerprint density at radius 3 is 2.29 bits per heavy atom. The number of amides is 1. The van der Waals surface area contributed by atoms with Crippen LogP contribution in [0.3, 0.4) is 0 Å². The SMILES string of the molecule is N#Cc1ccc(CN2CCCN(C(=O)c3cn(-c4ccccc4)nc3-c3ccccc3)CC2)cc1. The highest BCUT2D eigenvalue weighted by Gasteiger charge is 2.25. The van der Waals surface area contributed by atoms with E-state index >= 15 is 0 Å². The molecule has 6 heteroatoms. The van der Waals surface area contributed by atoms with Crippen LogP contribution in [-0.4, -0.2) is 51.7 Å². The molecular weight excluding hydrogens is 434 g/mol. The quantitative estimate of drug-likeness (QED) is 0.430. The summed E-state index contributed by atoms with van der Waals surface area (Å²) < 4.78 is 1.80. The molecule has 2 heterocycles. The second kappa shape index (κ2) is 10.4. The van der Waals surface area contributed by atoms with Crippen molar-refractivity contribution >= 4 is 5.91 Å². The van der Waals surface area contributed by atoms with E-state index in [0.29, 0.717) is 29.9 Å². The van der Waals surface area contributed by atoms with Gasteiger partial charge in [-0.1, -0.05) is 60.7 Å². The molecule has 0 spiro atoms. The molecule has 1 saturated heterocycles. The van der Waals surface area contributed by atoms with Gasteiger partial charge in [-0.2, -0.15) is 10.4 Å². The van der Waals surface area contributed by atoms with Crippen LogP contribution < -0.4 is 0 Å². The smallest absolute Gasteiger partial charge is 0.257 e. The van der Waals surface area contributed by atoms with Crippen molar-refractivity contribution in [2.24, 2.45) is 0 Å². The van der Waals surface area contributed by atoms with Gasteiger partial charge in [0.05, 0.1) is 22.9 Å². The van der Waals surface area contributed by atoms with E-state index < -0.39 is 0 Å². The van der Waals surface area contributed by atoms with Crippen molar-refractivity contribution in [2.75, 3.05) is 26.2 Å². The summed E-state index contributed by atoms with van der Waals surface area (Å²) in [6.45, 7) is 3.93. The van der Waals surface area contributed by atoms with Crippen LogP contribution in [0.25, 0.3) is 16.9 Å². The molecule has 1 amide bonds. The lowest BCUT2D eigenvalue weighted by Gasteiger charge is -2.22. The third-order valence-corrected chi connectivity index (χ3v) is 6.38. The summed E-state index contributed by atoms with van der Waals surface area (Å²) in [7, 11) is 0. The normalized spacial score (nSPS) is 14.3. The molecule has 0 bridgehead atoms. The molecule has 4 aromatic rings. The van der Waals surface area contributed by atoms with Crippen LogP contribution in [0.1, 0.15) is 27.9 Å². The number of hydrogen-bond donors (Lipinski definition) is 0. The Hall–Kier alpha value is -4.21. The molecule has 0 saturated carbocycles. The molecule has 0 atom stereocenters. The number of para-hydroxylation sites is 1. The third kappa shape index (κ3) is 5.16. The Balaban J connectivity index is 1.35. The van der Waals surface area contributed by atoms with Crippen LogP contribution in [0.5, 0.6) is 0 Å². The molecule has 0 radical (unpaired) electrons. The van der Waals surface area contributed by atoms with Crippen LogP contribution in [0.2, 0.25) is 0 Å². The summed E-state index contributed by atoms with van der Waals surface area (Å²) in [5, 5.41) is 13.8. The van der Waals surface area contributed by atoms with Crippen LogP contribution in [0.15, 0.2) is 91.1 Å². The first-order chi connectivity index (χ1) is 17.2. The molecule has 1 aliphatic rings. The first kappa shape index (κ1) is 22.6. The Bertz CT molecular complexity index is 1320. The number of nitrogens with zero attached hydrogens (tertiary/aromatic N) is 5. The first-order valence-corrected chi connectivity index (χ1v) is 11.9. The molecule has 1 aromatic heterocycles. The molecule has 1 aliphatic heterocycles. The van der Waals surface area contributed by atoms with E-state index in [2.05, 4.69) is 11.0 Å². The van der Waals surface area contributed by atoms with Gasteiger partial charge < -0.3 is 4.90 Å². The predicted octanol–water partition coefficient (Wildman–Crippen LogP) is 4.76. The maximum absolute atomic E-state index is 13.8. The van der Waals surface area contributed by atoms with Crippen LogP contribution >= 0.6 is 0 Å². The summed E-state index contributed by atoms with van der Waals surface area (Å²) in [4.78, 5) is 18.1. The molecular formula is C29H27N5O. The number of hydrogen-bond acceptors (Lipinski definition) is 4. The first-order valence-electron chi connectivity index (χ1n) is 11.9. The van der Waals surface area contributed by atoms with Gasteiger partial charge in [0.1, 0.15) is 5.69 Å². The molecule has 6 nitrogen and oxygen atoms in total. The topological polar surface area (TPSA) is 65.2 Å². The van der Waals surface area contributed by atoms with Crippen molar-refractivity contribution in [3.05, 3.63) is 108 Å². The number of carbonyl (C=O) groups is 1. The van der Waals surface area contributed by atoms with Gasteiger partial charge >= 0.3 is 0 Å². The van der Waals surface area contributed by atoms with Gasteiger partial charge in [0.25, 0.3) is 5.91 Å². The second-order valence-electron chi connectivity index (χ2n) is 8.77. The molecule has 35 heavy (non-hydrogen) atoms. The molecule has 174 valence electrons. The van der Waals surface area contributed by atoms with Gasteiger partial charge in [0.15, 0.2) is 0 Å². The Kier molecular flexibility index (Phi) is 6.69. The van der Waals surface area contributed by atoms with Gasteiger partial charge in [-0.25, -0.2) is 4.68 Å². The summed E-state index contributed by atoms with van der Waals surface area (Å²) in [6, 6.07) is 29.7. The zero-order valence-corrected chi connectivity index (χ0v) is 19.5. The van der Waals surface area contributed by atoms with E-state index in [-0.39, 0.29) is 5.91 Å². The van der Waals surface area contributed by atoms with Crippen molar-refractivity contribution in [3.63, 3.8) is 0 Å². The zero-order valence-electron chi connectivity index (χ0n) is 19.5. The van der Waals surface area contributed by atoms with E-state index in [0.717, 1.165) is 37.3 Å². The minimum Gasteiger partial charge on any atom is -0.337 e. The third-order valence-electron chi connectivity index (χ3n) is 6.38.